The number of aryl methyl sites for hydroxylation is 1. The molecule has 30 heavy (non-hydrogen) atoms. The van der Waals surface area contributed by atoms with Gasteiger partial charge < -0.3 is 14.5 Å². The molecule has 0 radical (unpaired) electrons. The molecule has 1 aliphatic rings. The molecule has 3 aromatic rings. The van der Waals surface area contributed by atoms with E-state index in [9.17, 15) is 4.79 Å². The number of ether oxygens (including phenoxy) is 1. The zero-order chi connectivity index (χ0) is 20.9. The fourth-order valence-corrected chi connectivity index (χ4v) is 4.53. The average molecular weight is 427 g/mol. The van der Waals surface area contributed by atoms with Crippen LogP contribution in [0.25, 0.3) is 17.1 Å². The maximum atomic E-state index is 12.5. The minimum Gasteiger partial charge on any atom is -0.497 e. The fourth-order valence-electron chi connectivity index (χ4n) is 3.77. The molecule has 0 aliphatic heterocycles. The van der Waals surface area contributed by atoms with Crippen LogP contribution in [0.15, 0.2) is 46.2 Å². The minimum atomic E-state index is 0.0391. The topological polar surface area (TPSA) is 82.2 Å². The molecule has 158 valence electrons. The van der Waals surface area contributed by atoms with Gasteiger partial charge >= 0.3 is 0 Å². The number of methoxy groups -OCH3 is 1. The van der Waals surface area contributed by atoms with Gasteiger partial charge in [0.05, 0.1) is 30.4 Å². The number of rotatable bonds is 7. The van der Waals surface area contributed by atoms with Crippen molar-refractivity contribution >= 4 is 17.7 Å². The summed E-state index contributed by atoms with van der Waals surface area (Å²) >= 11 is 1.39. The van der Waals surface area contributed by atoms with Crippen molar-refractivity contribution in [1.29, 1.82) is 0 Å². The number of nitrogens with one attached hydrogen (secondary N) is 1. The summed E-state index contributed by atoms with van der Waals surface area (Å²) in [7, 11) is 1.64. The summed E-state index contributed by atoms with van der Waals surface area (Å²) in [6.07, 6.45) is 7.43. The molecule has 1 saturated carbocycles. The Kier molecular flexibility index (Phi) is 6.42. The molecule has 1 fully saturated rings. The van der Waals surface area contributed by atoms with Crippen molar-refractivity contribution in [2.45, 2.75) is 50.2 Å². The van der Waals surface area contributed by atoms with E-state index in [1.807, 2.05) is 41.8 Å². The molecular weight excluding hydrogens is 400 g/mol. The zero-order valence-electron chi connectivity index (χ0n) is 17.3. The highest BCUT2D eigenvalue weighted by atomic mass is 32.2. The molecule has 1 aromatic carbocycles. The number of furan rings is 1. The van der Waals surface area contributed by atoms with Crippen molar-refractivity contribution in [1.82, 2.24) is 20.1 Å². The van der Waals surface area contributed by atoms with Crippen molar-refractivity contribution in [3.05, 3.63) is 42.4 Å². The molecule has 0 unspecified atom stereocenters. The molecule has 0 bridgehead atoms. The predicted molar refractivity (Wildman–Crippen MR) is 116 cm³/mol. The SMILES string of the molecule is COc1ccc(-n2c(SCC(=O)NC3CCCCC3)nnc2-c2ccoc2C)cc1. The van der Waals surface area contributed by atoms with E-state index in [4.69, 9.17) is 9.15 Å². The number of carbonyl (C=O) groups is 1. The standard InChI is InChI=1S/C22H26N4O3S/c1-15-19(12-13-29-15)21-24-25-22(26(21)17-8-10-18(28-2)11-9-17)30-14-20(27)23-16-6-4-3-5-7-16/h8-13,16H,3-7,14H2,1-2H3,(H,23,27). The van der Waals surface area contributed by atoms with E-state index in [2.05, 4.69) is 15.5 Å². The lowest BCUT2D eigenvalue weighted by atomic mass is 9.95. The maximum absolute atomic E-state index is 12.5. The molecule has 0 spiro atoms. The normalized spacial score (nSPS) is 14.6. The summed E-state index contributed by atoms with van der Waals surface area (Å²) in [5.41, 5.74) is 1.77. The van der Waals surface area contributed by atoms with E-state index in [1.165, 1.54) is 31.0 Å². The van der Waals surface area contributed by atoms with Crippen LogP contribution in [0.4, 0.5) is 0 Å². The summed E-state index contributed by atoms with van der Waals surface area (Å²) in [4.78, 5) is 12.5. The van der Waals surface area contributed by atoms with Crippen molar-refractivity contribution in [2.24, 2.45) is 0 Å². The lowest BCUT2D eigenvalue weighted by Crippen LogP contribution is -2.37. The Labute approximate surface area is 180 Å². The number of aromatic nitrogens is 3. The van der Waals surface area contributed by atoms with Crippen LogP contribution >= 0.6 is 11.8 Å². The monoisotopic (exact) mass is 426 g/mol. The van der Waals surface area contributed by atoms with Crippen molar-refractivity contribution in [3.63, 3.8) is 0 Å². The van der Waals surface area contributed by atoms with Crippen LogP contribution in [-0.2, 0) is 4.79 Å². The first-order valence-corrected chi connectivity index (χ1v) is 11.2. The van der Waals surface area contributed by atoms with Crippen molar-refractivity contribution in [2.75, 3.05) is 12.9 Å². The highest BCUT2D eigenvalue weighted by Gasteiger charge is 2.21. The van der Waals surface area contributed by atoms with Crippen LogP contribution < -0.4 is 10.1 Å². The number of hydrogen-bond donors (Lipinski definition) is 1. The third kappa shape index (κ3) is 4.53. The van der Waals surface area contributed by atoms with Crippen LogP contribution in [0.5, 0.6) is 5.75 Å². The van der Waals surface area contributed by atoms with Gasteiger partial charge in [0.2, 0.25) is 5.91 Å². The van der Waals surface area contributed by atoms with E-state index < -0.39 is 0 Å². The van der Waals surface area contributed by atoms with Crippen molar-refractivity contribution < 1.29 is 13.9 Å². The number of amides is 1. The first-order chi connectivity index (χ1) is 14.7. The molecular formula is C22H26N4O3S. The third-order valence-corrected chi connectivity index (χ3v) is 6.30. The summed E-state index contributed by atoms with van der Waals surface area (Å²) < 4.78 is 12.7. The van der Waals surface area contributed by atoms with Gasteiger partial charge in [-0.15, -0.1) is 10.2 Å². The van der Waals surface area contributed by atoms with E-state index in [1.54, 1.807) is 13.4 Å². The molecule has 0 atom stereocenters. The fraction of sp³-hybridized carbons (Fsp3) is 0.409. The summed E-state index contributed by atoms with van der Waals surface area (Å²) in [6, 6.07) is 9.87. The second kappa shape index (κ2) is 9.38. The van der Waals surface area contributed by atoms with Gasteiger partial charge in [-0.3, -0.25) is 9.36 Å². The molecule has 1 N–H and O–H groups in total. The molecule has 7 nitrogen and oxygen atoms in total. The average Bonchev–Trinajstić information content (AvgIpc) is 3.38. The van der Waals surface area contributed by atoms with Gasteiger partial charge in [-0.05, 0) is 50.1 Å². The van der Waals surface area contributed by atoms with Crippen LogP contribution in [0.2, 0.25) is 0 Å². The third-order valence-electron chi connectivity index (χ3n) is 5.37. The summed E-state index contributed by atoms with van der Waals surface area (Å²) in [5, 5.41) is 12.6. The van der Waals surface area contributed by atoms with E-state index in [0.717, 1.165) is 35.6 Å². The van der Waals surface area contributed by atoms with Crippen LogP contribution in [0, 0.1) is 6.92 Å². The predicted octanol–water partition coefficient (Wildman–Crippen LogP) is 4.39. The van der Waals surface area contributed by atoms with Crippen LogP contribution in [-0.4, -0.2) is 39.6 Å². The lowest BCUT2D eigenvalue weighted by Gasteiger charge is -2.22. The highest BCUT2D eigenvalue weighted by Crippen LogP contribution is 2.31. The van der Waals surface area contributed by atoms with Crippen LogP contribution in [0.3, 0.4) is 0 Å². The van der Waals surface area contributed by atoms with Gasteiger partial charge in [0.1, 0.15) is 11.5 Å². The second-order valence-corrected chi connectivity index (χ2v) is 8.36. The first-order valence-electron chi connectivity index (χ1n) is 10.2. The molecule has 2 aromatic heterocycles. The zero-order valence-corrected chi connectivity index (χ0v) is 18.1. The van der Waals surface area contributed by atoms with Crippen molar-refractivity contribution in [3.8, 4) is 22.8 Å². The Bertz CT molecular complexity index is 990. The lowest BCUT2D eigenvalue weighted by molar-refractivity contribution is -0.119. The Morgan fingerprint density at radius 2 is 1.97 bits per heavy atom. The molecule has 1 aliphatic carbocycles. The molecule has 2 heterocycles. The van der Waals surface area contributed by atoms with Gasteiger partial charge in [0.15, 0.2) is 11.0 Å². The molecule has 8 heteroatoms. The quantitative estimate of drug-likeness (QED) is 0.565. The van der Waals surface area contributed by atoms with E-state index >= 15 is 0 Å². The Morgan fingerprint density at radius 3 is 2.63 bits per heavy atom. The van der Waals surface area contributed by atoms with Gasteiger partial charge in [0, 0.05) is 6.04 Å². The van der Waals surface area contributed by atoms with Gasteiger partial charge in [0.25, 0.3) is 0 Å². The second-order valence-electron chi connectivity index (χ2n) is 7.42. The number of nitrogens with zero attached hydrogens (tertiary/aromatic N) is 3. The number of carbonyl (C=O) groups excluding carboxylic acids is 1. The first kappa shape index (κ1) is 20.5. The summed E-state index contributed by atoms with van der Waals surface area (Å²) in [6.45, 7) is 1.90. The maximum Gasteiger partial charge on any atom is 0.230 e. The van der Waals surface area contributed by atoms with Gasteiger partial charge in [-0.1, -0.05) is 31.0 Å². The molecule has 1 amide bonds. The van der Waals surface area contributed by atoms with Crippen LogP contribution in [0.1, 0.15) is 37.9 Å². The highest BCUT2D eigenvalue weighted by molar-refractivity contribution is 7.99. The van der Waals surface area contributed by atoms with E-state index in [0.29, 0.717) is 22.8 Å². The van der Waals surface area contributed by atoms with Gasteiger partial charge in [-0.2, -0.15) is 0 Å². The Morgan fingerprint density at radius 1 is 1.20 bits per heavy atom. The Balaban J connectivity index is 1.57. The molecule has 4 rings (SSSR count). The smallest absolute Gasteiger partial charge is 0.230 e. The Hall–Kier alpha value is -2.74. The minimum absolute atomic E-state index is 0.0391. The largest absolute Gasteiger partial charge is 0.497 e. The van der Waals surface area contributed by atoms with E-state index in [-0.39, 0.29) is 5.91 Å². The summed E-state index contributed by atoms with van der Waals surface area (Å²) in [5.74, 6) is 2.56. The number of hydrogen-bond acceptors (Lipinski definition) is 6. The molecule has 0 saturated heterocycles. The van der Waals surface area contributed by atoms with Gasteiger partial charge in [-0.25, -0.2) is 0 Å². The number of benzene rings is 1. The number of thioether (sulfide) groups is 1.